The Labute approximate surface area is 158 Å². The van der Waals surface area contributed by atoms with Crippen molar-refractivity contribution in [1.29, 1.82) is 0 Å². The lowest BCUT2D eigenvalue weighted by Crippen LogP contribution is -2.31. The molecule has 0 aromatic heterocycles. The molecule has 0 aliphatic carbocycles. The number of hydrogen-bond donors (Lipinski definition) is 4. The molecule has 0 aliphatic heterocycles. The number of benzene rings is 1. The molecule has 0 heterocycles. The first-order valence-corrected chi connectivity index (χ1v) is 10.0. The zero-order chi connectivity index (χ0) is 19.2. The highest BCUT2D eigenvalue weighted by atomic mass is 16.3. The van der Waals surface area contributed by atoms with E-state index in [9.17, 15) is 9.90 Å². The van der Waals surface area contributed by atoms with Crippen molar-refractivity contribution in [2.24, 2.45) is 5.73 Å². The quantitative estimate of drug-likeness (QED) is 0.377. The van der Waals surface area contributed by atoms with E-state index in [-0.39, 0.29) is 12.5 Å². The van der Waals surface area contributed by atoms with Crippen LogP contribution in [0.5, 0.6) is 0 Å². The molecule has 1 aromatic carbocycles. The first-order chi connectivity index (χ1) is 12.6. The van der Waals surface area contributed by atoms with Crippen molar-refractivity contribution < 1.29 is 15.0 Å². The highest BCUT2D eigenvalue weighted by Gasteiger charge is 2.15. The van der Waals surface area contributed by atoms with Gasteiger partial charge in [-0.25, -0.2) is 0 Å². The van der Waals surface area contributed by atoms with Gasteiger partial charge in [0, 0.05) is 12.1 Å². The molecule has 0 saturated carbocycles. The van der Waals surface area contributed by atoms with Gasteiger partial charge >= 0.3 is 0 Å². The summed E-state index contributed by atoms with van der Waals surface area (Å²) in [5.74, 6) is 0.0216. The normalized spacial score (nSPS) is 13.4. The molecule has 0 radical (unpaired) electrons. The molecule has 1 rings (SSSR count). The summed E-state index contributed by atoms with van der Waals surface area (Å²) in [6.07, 6.45) is 10.7. The average Bonchev–Trinajstić information content (AvgIpc) is 2.66. The first-order valence-electron chi connectivity index (χ1n) is 10.0. The van der Waals surface area contributed by atoms with Gasteiger partial charge in [-0.05, 0) is 24.1 Å². The number of anilines is 1. The minimum absolute atomic E-state index is 0.0216. The number of nitrogens with two attached hydrogens (primary N) is 1. The number of rotatable bonds is 14. The molecular formula is C21H36N2O3. The molecule has 5 N–H and O–H groups in total. The predicted molar refractivity (Wildman–Crippen MR) is 107 cm³/mol. The fraction of sp³-hybridized carbons (Fsp3) is 0.667. The zero-order valence-electron chi connectivity index (χ0n) is 16.1. The maximum Gasteiger partial charge on any atom is 0.224 e. The number of nitrogens with one attached hydrogen (secondary N) is 1. The Morgan fingerprint density at radius 3 is 2.08 bits per heavy atom. The Hall–Kier alpha value is -1.43. The number of unbranched alkanes of at least 4 members (excludes halogenated alkanes) is 8. The van der Waals surface area contributed by atoms with Crippen LogP contribution < -0.4 is 11.1 Å². The molecule has 0 spiro atoms. The van der Waals surface area contributed by atoms with E-state index < -0.39 is 12.1 Å². The van der Waals surface area contributed by atoms with Gasteiger partial charge in [-0.15, -0.1) is 0 Å². The van der Waals surface area contributed by atoms with Gasteiger partial charge in [0.15, 0.2) is 0 Å². The summed E-state index contributed by atoms with van der Waals surface area (Å²) in [5.41, 5.74) is 6.95. The van der Waals surface area contributed by atoms with Crippen LogP contribution in [0.2, 0.25) is 0 Å². The Balaban J connectivity index is 2.17. The standard InChI is InChI=1S/C21H36N2O3/c1-2-3-4-5-6-7-8-9-10-11-20(25)23-18-14-12-17(13-15-18)21(26)19(22)16-24/h12-15,19,21,24,26H,2-11,16,22H2,1H3,(H,23,25)/t19-,21-/m1/s1. The van der Waals surface area contributed by atoms with E-state index in [4.69, 9.17) is 10.8 Å². The second-order valence-electron chi connectivity index (χ2n) is 7.04. The smallest absolute Gasteiger partial charge is 0.224 e. The van der Waals surface area contributed by atoms with Crippen LogP contribution >= 0.6 is 0 Å². The molecule has 26 heavy (non-hydrogen) atoms. The van der Waals surface area contributed by atoms with E-state index in [1.54, 1.807) is 24.3 Å². The Kier molecular flexibility index (Phi) is 11.9. The van der Waals surface area contributed by atoms with Gasteiger partial charge in [0.1, 0.15) is 0 Å². The largest absolute Gasteiger partial charge is 0.395 e. The highest BCUT2D eigenvalue weighted by Crippen LogP contribution is 2.19. The zero-order valence-corrected chi connectivity index (χ0v) is 16.1. The van der Waals surface area contributed by atoms with E-state index in [1.165, 1.54) is 44.9 Å². The van der Waals surface area contributed by atoms with Gasteiger partial charge in [-0.3, -0.25) is 4.79 Å². The maximum absolute atomic E-state index is 12.0. The minimum atomic E-state index is -0.910. The first kappa shape index (κ1) is 22.6. The van der Waals surface area contributed by atoms with Gasteiger partial charge in [0.25, 0.3) is 0 Å². The van der Waals surface area contributed by atoms with Crippen LogP contribution in [0.25, 0.3) is 0 Å². The van der Waals surface area contributed by atoms with E-state index in [0.717, 1.165) is 12.8 Å². The average molecular weight is 365 g/mol. The van der Waals surface area contributed by atoms with Crippen LogP contribution in [-0.4, -0.2) is 28.8 Å². The van der Waals surface area contributed by atoms with Crippen LogP contribution in [0.1, 0.15) is 82.8 Å². The summed E-state index contributed by atoms with van der Waals surface area (Å²) in [6, 6.07) is 6.22. The summed E-state index contributed by atoms with van der Waals surface area (Å²) in [5, 5.41) is 21.8. The molecule has 148 valence electrons. The van der Waals surface area contributed by atoms with Crippen LogP contribution in [0.4, 0.5) is 5.69 Å². The Morgan fingerprint density at radius 1 is 1.00 bits per heavy atom. The molecule has 2 atom stereocenters. The summed E-state index contributed by atoms with van der Waals surface area (Å²) < 4.78 is 0. The predicted octanol–water partition coefficient (Wildman–Crippen LogP) is 3.90. The van der Waals surface area contributed by atoms with Crippen molar-refractivity contribution in [3.05, 3.63) is 29.8 Å². The molecular weight excluding hydrogens is 328 g/mol. The molecule has 5 nitrogen and oxygen atoms in total. The van der Waals surface area contributed by atoms with Crippen molar-refractivity contribution in [1.82, 2.24) is 0 Å². The lowest BCUT2D eigenvalue weighted by molar-refractivity contribution is -0.116. The molecule has 1 amide bonds. The number of carbonyl (C=O) groups excluding carboxylic acids is 1. The van der Waals surface area contributed by atoms with E-state index >= 15 is 0 Å². The Morgan fingerprint density at radius 2 is 1.54 bits per heavy atom. The molecule has 0 bridgehead atoms. The van der Waals surface area contributed by atoms with E-state index in [0.29, 0.717) is 17.7 Å². The molecule has 5 heteroatoms. The third kappa shape index (κ3) is 9.32. The summed E-state index contributed by atoms with van der Waals surface area (Å²) >= 11 is 0. The van der Waals surface area contributed by atoms with Crippen LogP contribution in [0.15, 0.2) is 24.3 Å². The third-order valence-corrected chi connectivity index (χ3v) is 4.66. The van der Waals surface area contributed by atoms with Gasteiger partial charge in [0.2, 0.25) is 5.91 Å². The third-order valence-electron chi connectivity index (χ3n) is 4.66. The molecule has 0 fully saturated rings. The van der Waals surface area contributed by atoms with Crippen molar-refractivity contribution >= 4 is 11.6 Å². The summed E-state index contributed by atoms with van der Waals surface area (Å²) in [4.78, 5) is 12.0. The number of amides is 1. The SMILES string of the molecule is CCCCCCCCCCCC(=O)Nc1ccc([C@@H](O)[C@H](N)CO)cc1. The lowest BCUT2D eigenvalue weighted by atomic mass is 10.0. The van der Waals surface area contributed by atoms with Gasteiger partial charge < -0.3 is 21.3 Å². The molecule has 0 saturated heterocycles. The fourth-order valence-corrected chi connectivity index (χ4v) is 2.93. The van der Waals surface area contributed by atoms with E-state index in [2.05, 4.69) is 12.2 Å². The van der Waals surface area contributed by atoms with Crippen LogP contribution in [-0.2, 0) is 4.79 Å². The number of carbonyl (C=O) groups is 1. The van der Waals surface area contributed by atoms with Crippen molar-refractivity contribution in [3.63, 3.8) is 0 Å². The monoisotopic (exact) mass is 364 g/mol. The Bertz CT molecular complexity index is 491. The van der Waals surface area contributed by atoms with Gasteiger partial charge in [-0.2, -0.15) is 0 Å². The molecule has 1 aromatic rings. The van der Waals surface area contributed by atoms with Gasteiger partial charge in [0.05, 0.1) is 18.8 Å². The molecule has 0 aliphatic rings. The van der Waals surface area contributed by atoms with Crippen LogP contribution in [0, 0.1) is 0 Å². The second kappa shape index (κ2) is 13.7. The minimum Gasteiger partial charge on any atom is -0.395 e. The number of aliphatic hydroxyl groups is 2. The highest BCUT2D eigenvalue weighted by molar-refractivity contribution is 5.90. The van der Waals surface area contributed by atoms with E-state index in [1.807, 2.05) is 0 Å². The number of aliphatic hydroxyl groups excluding tert-OH is 2. The topological polar surface area (TPSA) is 95.6 Å². The maximum atomic E-state index is 12.0. The lowest BCUT2D eigenvalue weighted by Gasteiger charge is -2.17. The molecule has 0 unspecified atom stereocenters. The second-order valence-corrected chi connectivity index (χ2v) is 7.04. The summed E-state index contributed by atoms with van der Waals surface area (Å²) in [7, 11) is 0. The van der Waals surface area contributed by atoms with Gasteiger partial charge in [-0.1, -0.05) is 70.4 Å². The van der Waals surface area contributed by atoms with Crippen molar-refractivity contribution in [2.45, 2.75) is 83.3 Å². The van der Waals surface area contributed by atoms with Crippen LogP contribution in [0.3, 0.4) is 0 Å². The fourth-order valence-electron chi connectivity index (χ4n) is 2.93. The summed E-state index contributed by atoms with van der Waals surface area (Å²) in [6.45, 7) is 1.95. The van der Waals surface area contributed by atoms with Crippen molar-refractivity contribution in [3.8, 4) is 0 Å². The van der Waals surface area contributed by atoms with Crippen molar-refractivity contribution in [2.75, 3.05) is 11.9 Å². The number of hydrogen-bond acceptors (Lipinski definition) is 4.